The summed E-state index contributed by atoms with van der Waals surface area (Å²) in [5.41, 5.74) is 1.97. The van der Waals surface area contributed by atoms with Crippen molar-refractivity contribution in [2.24, 2.45) is 0 Å². The van der Waals surface area contributed by atoms with Crippen LogP contribution < -0.4 is 4.90 Å². The first-order valence-corrected chi connectivity index (χ1v) is 7.89. The third-order valence-corrected chi connectivity index (χ3v) is 3.93. The topological polar surface area (TPSA) is 51.1 Å². The summed E-state index contributed by atoms with van der Waals surface area (Å²) in [7, 11) is 0. The standard InChI is InChI=1S/C17H22N4O/c1-3-21(12-15-5-4-10-22-15)16-11-13(2)19-17(20-16)14-6-8-18-9-7-14/h6-9,11,15H,3-5,10,12H2,1-2H3/t15-/m1/s1. The Morgan fingerprint density at radius 1 is 1.27 bits per heavy atom. The van der Waals surface area contributed by atoms with Crippen molar-refractivity contribution in [1.29, 1.82) is 0 Å². The second-order valence-electron chi connectivity index (χ2n) is 5.60. The molecule has 0 radical (unpaired) electrons. The average Bonchev–Trinajstić information content (AvgIpc) is 3.06. The van der Waals surface area contributed by atoms with E-state index in [2.05, 4.69) is 21.8 Å². The molecule has 116 valence electrons. The van der Waals surface area contributed by atoms with Gasteiger partial charge in [0.25, 0.3) is 0 Å². The van der Waals surface area contributed by atoms with Crippen molar-refractivity contribution < 1.29 is 4.74 Å². The average molecular weight is 298 g/mol. The molecule has 1 atom stereocenters. The molecule has 22 heavy (non-hydrogen) atoms. The van der Waals surface area contributed by atoms with Crippen LogP contribution in [0.1, 0.15) is 25.5 Å². The molecule has 0 aromatic carbocycles. The molecule has 0 N–H and O–H groups in total. The van der Waals surface area contributed by atoms with Crippen molar-refractivity contribution >= 4 is 5.82 Å². The maximum absolute atomic E-state index is 5.76. The zero-order chi connectivity index (χ0) is 15.4. The summed E-state index contributed by atoms with van der Waals surface area (Å²) >= 11 is 0. The molecular formula is C17H22N4O. The van der Waals surface area contributed by atoms with E-state index in [1.54, 1.807) is 12.4 Å². The number of aromatic nitrogens is 3. The second kappa shape index (κ2) is 6.83. The van der Waals surface area contributed by atoms with Crippen LogP contribution in [-0.4, -0.2) is 40.8 Å². The Morgan fingerprint density at radius 3 is 2.77 bits per heavy atom. The van der Waals surface area contributed by atoms with E-state index in [1.807, 2.05) is 25.1 Å². The molecule has 1 aliphatic heterocycles. The molecule has 0 bridgehead atoms. The van der Waals surface area contributed by atoms with Gasteiger partial charge in [-0.1, -0.05) is 0 Å². The smallest absolute Gasteiger partial charge is 0.161 e. The van der Waals surface area contributed by atoms with Gasteiger partial charge in [-0.25, -0.2) is 9.97 Å². The van der Waals surface area contributed by atoms with Gasteiger partial charge in [-0.15, -0.1) is 0 Å². The Morgan fingerprint density at radius 2 is 2.09 bits per heavy atom. The van der Waals surface area contributed by atoms with Crippen LogP contribution in [0.4, 0.5) is 5.82 Å². The first-order chi connectivity index (χ1) is 10.8. The molecule has 0 unspecified atom stereocenters. The van der Waals surface area contributed by atoms with Crippen molar-refractivity contribution in [1.82, 2.24) is 15.0 Å². The first kappa shape index (κ1) is 14.9. The van der Waals surface area contributed by atoms with Crippen molar-refractivity contribution in [2.45, 2.75) is 32.8 Å². The maximum Gasteiger partial charge on any atom is 0.161 e. The summed E-state index contributed by atoms with van der Waals surface area (Å²) in [6.45, 7) is 6.84. The predicted molar refractivity (Wildman–Crippen MR) is 86.9 cm³/mol. The first-order valence-electron chi connectivity index (χ1n) is 7.89. The van der Waals surface area contributed by atoms with Gasteiger partial charge in [0.05, 0.1) is 6.10 Å². The highest BCUT2D eigenvalue weighted by atomic mass is 16.5. The van der Waals surface area contributed by atoms with Gasteiger partial charge in [-0.05, 0) is 38.8 Å². The number of likely N-dealkylation sites (N-methyl/N-ethyl adjacent to an activating group) is 1. The van der Waals surface area contributed by atoms with Gasteiger partial charge in [0, 0.05) is 49.4 Å². The summed E-state index contributed by atoms with van der Waals surface area (Å²) in [6, 6.07) is 5.92. The largest absolute Gasteiger partial charge is 0.376 e. The number of hydrogen-bond acceptors (Lipinski definition) is 5. The fraction of sp³-hybridized carbons (Fsp3) is 0.471. The number of nitrogens with zero attached hydrogens (tertiary/aromatic N) is 4. The fourth-order valence-corrected chi connectivity index (χ4v) is 2.76. The molecule has 2 aromatic rings. The Balaban J connectivity index is 1.87. The lowest BCUT2D eigenvalue weighted by atomic mass is 10.2. The van der Waals surface area contributed by atoms with E-state index < -0.39 is 0 Å². The summed E-state index contributed by atoms with van der Waals surface area (Å²) in [5.74, 6) is 1.72. The molecule has 5 heteroatoms. The van der Waals surface area contributed by atoms with Crippen LogP contribution in [0.25, 0.3) is 11.4 Å². The van der Waals surface area contributed by atoms with Gasteiger partial charge in [0.2, 0.25) is 0 Å². The van der Waals surface area contributed by atoms with Crippen LogP contribution in [0.2, 0.25) is 0 Å². The number of hydrogen-bond donors (Lipinski definition) is 0. The SMILES string of the molecule is CCN(C[C@H]1CCCO1)c1cc(C)nc(-c2ccncc2)n1. The monoisotopic (exact) mass is 298 g/mol. The van der Waals surface area contributed by atoms with E-state index in [4.69, 9.17) is 9.72 Å². The summed E-state index contributed by atoms with van der Waals surface area (Å²) < 4.78 is 5.76. The molecule has 0 spiro atoms. The lowest BCUT2D eigenvalue weighted by Crippen LogP contribution is -2.32. The van der Waals surface area contributed by atoms with Crippen LogP contribution >= 0.6 is 0 Å². The number of anilines is 1. The van der Waals surface area contributed by atoms with E-state index >= 15 is 0 Å². The second-order valence-corrected chi connectivity index (χ2v) is 5.60. The Labute approximate surface area is 131 Å². The number of rotatable bonds is 5. The quantitative estimate of drug-likeness (QED) is 0.849. The van der Waals surface area contributed by atoms with Crippen LogP contribution in [0.15, 0.2) is 30.6 Å². The predicted octanol–water partition coefficient (Wildman–Crippen LogP) is 2.85. The summed E-state index contributed by atoms with van der Waals surface area (Å²) in [4.78, 5) is 15.6. The molecule has 1 aliphatic rings. The van der Waals surface area contributed by atoms with Gasteiger partial charge >= 0.3 is 0 Å². The zero-order valence-electron chi connectivity index (χ0n) is 13.2. The van der Waals surface area contributed by atoms with Crippen LogP contribution in [0.3, 0.4) is 0 Å². The zero-order valence-corrected chi connectivity index (χ0v) is 13.2. The van der Waals surface area contributed by atoms with Gasteiger partial charge in [-0.3, -0.25) is 4.98 Å². The molecule has 2 aromatic heterocycles. The molecule has 5 nitrogen and oxygen atoms in total. The molecule has 3 rings (SSSR count). The number of aryl methyl sites for hydroxylation is 1. The van der Waals surface area contributed by atoms with Crippen LogP contribution in [0.5, 0.6) is 0 Å². The van der Waals surface area contributed by atoms with Crippen molar-refractivity contribution in [3.8, 4) is 11.4 Å². The minimum atomic E-state index is 0.319. The van der Waals surface area contributed by atoms with Crippen LogP contribution in [-0.2, 0) is 4.74 Å². The van der Waals surface area contributed by atoms with Crippen molar-refractivity contribution in [2.75, 3.05) is 24.6 Å². The van der Waals surface area contributed by atoms with E-state index in [1.165, 1.54) is 0 Å². The van der Waals surface area contributed by atoms with Gasteiger partial charge in [0.15, 0.2) is 5.82 Å². The van der Waals surface area contributed by atoms with E-state index in [9.17, 15) is 0 Å². The Bertz CT molecular complexity index is 611. The van der Waals surface area contributed by atoms with E-state index in [-0.39, 0.29) is 0 Å². The lowest BCUT2D eigenvalue weighted by Gasteiger charge is -2.25. The van der Waals surface area contributed by atoms with Gasteiger partial charge < -0.3 is 9.64 Å². The molecule has 1 fully saturated rings. The molecule has 0 amide bonds. The van der Waals surface area contributed by atoms with Crippen molar-refractivity contribution in [3.05, 3.63) is 36.3 Å². The Kier molecular flexibility index (Phi) is 4.63. The number of pyridine rings is 1. The van der Waals surface area contributed by atoms with Crippen molar-refractivity contribution in [3.63, 3.8) is 0 Å². The highest BCUT2D eigenvalue weighted by molar-refractivity contribution is 5.57. The molecule has 1 saturated heterocycles. The summed E-state index contributed by atoms with van der Waals surface area (Å²) in [6.07, 6.45) is 6.15. The van der Waals surface area contributed by atoms with Gasteiger partial charge in [-0.2, -0.15) is 0 Å². The summed E-state index contributed by atoms with van der Waals surface area (Å²) in [5, 5.41) is 0. The molecule has 0 aliphatic carbocycles. The maximum atomic E-state index is 5.76. The third-order valence-electron chi connectivity index (χ3n) is 3.93. The van der Waals surface area contributed by atoms with E-state index in [0.717, 1.165) is 55.4 Å². The molecule has 3 heterocycles. The normalized spacial score (nSPS) is 17.6. The van der Waals surface area contributed by atoms with E-state index in [0.29, 0.717) is 6.10 Å². The highest BCUT2D eigenvalue weighted by Crippen LogP contribution is 2.21. The minimum absolute atomic E-state index is 0.319. The van der Waals surface area contributed by atoms with Crippen LogP contribution in [0, 0.1) is 6.92 Å². The number of ether oxygens (including phenoxy) is 1. The fourth-order valence-electron chi connectivity index (χ4n) is 2.76. The minimum Gasteiger partial charge on any atom is -0.376 e. The lowest BCUT2D eigenvalue weighted by molar-refractivity contribution is 0.115. The third kappa shape index (κ3) is 3.42. The van der Waals surface area contributed by atoms with Gasteiger partial charge in [0.1, 0.15) is 5.82 Å². The highest BCUT2D eigenvalue weighted by Gasteiger charge is 2.20. The Hall–Kier alpha value is -2.01. The molecular weight excluding hydrogens is 276 g/mol. The molecule has 0 saturated carbocycles.